The number of pyridine rings is 1. The van der Waals surface area contributed by atoms with Crippen LogP contribution in [0.15, 0.2) is 54.7 Å². The van der Waals surface area contributed by atoms with Crippen molar-refractivity contribution in [1.29, 1.82) is 0 Å². The van der Waals surface area contributed by atoms with E-state index in [1.807, 2.05) is 24.4 Å². The molecule has 7 nitrogen and oxygen atoms in total. The van der Waals surface area contributed by atoms with E-state index in [-0.39, 0.29) is 5.75 Å². The Labute approximate surface area is 193 Å². The number of aromatic hydroxyl groups is 1. The summed E-state index contributed by atoms with van der Waals surface area (Å²) in [7, 11) is 0. The molecule has 3 aromatic heterocycles. The number of aromatic nitrogens is 4. The summed E-state index contributed by atoms with van der Waals surface area (Å²) < 4.78 is 2.05. The normalized spacial score (nSPS) is 16.7. The molecule has 4 aromatic rings. The van der Waals surface area contributed by atoms with Crippen LogP contribution in [0.1, 0.15) is 38.5 Å². The monoisotopic (exact) mass is 440 g/mol. The Bertz CT molecular complexity index is 1270. The fourth-order valence-corrected chi connectivity index (χ4v) is 5.14. The molecule has 168 valence electrons. The van der Waals surface area contributed by atoms with Crippen molar-refractivity contribution in [2.24, 2.45) is 0 Å². The van der Waals surface area contributed by atoms with Gasteiger partial charge in [0.25, 0.3) is 0 Å². The van der Waals surface area contributed by atoms with E-state index in [1.165, 1.54) is 38.5 Å². The lowest BCUT2D eigenvalue weighted by atomic mass is 10.0. The number of rotatable bonds is 5. The Kier molecular flexibility index (Phi) is 5.09. The van der Waals surface area contributed by atoms with Gasteiger partial charge in [0, 0.05) is 30.9 Å². The predicted molar refractivity (Wildman–Crippen MR) is 131 cm³/mol. The molecule has 33 heavy (non-hydrogen) atoms. The minimum atomic E-state index is 0.243. The third kappa shape index (κ3) is 3.77. The van der Waals surface area contributed by atoms with E-state index in [9.17, 15) is 5.11 Å². The highest BCUT2D eigenvalue weighted by Crippen LogP contribution is 2.37. The lowest BCUT2D eigenvalue weighted by molar-refractivity contribution is 0.475. The highest BCUT2D eigenvalue weighted by Gasteiger charge is 2.23. The molecule has 0 radical (unpaired) electrons. The maximum Gasteiger partial charge on any atom is 0.223 e. The molecule has 1 saturated carbocycles. The highest BCUT2D eigenvalue weighted by atomic mass is 16.3. The Morgan fingerprint density at radius 2 is 1.70 bits per heavy atom. The van der Waals surface area contributed by atoms with E-state index in [1.54, 1.807) is 12.1 Å². The number of hydrogen-bond donors (Lipinski definition) is 2. The number of benzene rings is 1. The van der Waals surface area contributed by atoms with Gasteiger partial charge in [0.05, 0.1) is 16.8 Å². The molecule has 0 amide bonds. The fraction of sp³-hybridized carbons (Fsp3) is 0.346. The first kappa shape index (κ1) is 20.0. The molecule has 0 unspecified atom stereocenters. The van der Waals surface area contributed by atoms with Crippen LogP contribution in [0.25, 0.3) is 28.0 Å². The molecule has 7 heteroatoms. The van der Waals surface area contributed by atoms with Crippen LogP contribution in [0.2, 0.25) is 0 Å². The maximum absolute atomic E-state index is 9.83. The SMILES string of the molecule is Oc1ccc(-c2nn3c(N4CCCC4)cccc3c2-c2ccnc(NC3CCCC3)n2)cc1. The highest BCUT2D eigenvalue weighted by molar-refractivity contribution is 5.91. The molecule has 2 N–H and O–H groups in total. The minimum absolute atomic E-state index is 0.243. The second-order valence-corrected chi connectivity index (χ2v) is 9.04. The van der Waals surface area contributed by atoms with E-state index in [4.69, 9.17) is 10.1 Å². The Morgan fingerprint density at radius 3 is 2.48 bits per heavy atom. The van der Waals surface area contributed by atoms with Gasteiger partial charge in [-0.1, -0.05) is 18.9 Å². The maximum atomic E-state index is 9.83. The molecule has 1 saturated heterocycles. The fourth-order valence-electron chi connectivity index (χ4n) is 5.14. The summed E-state index contributed by atoms with van der Waals surface area (Å²) in [6, 6.07) is 16.0. The quantitative estimate of drug-likeness (QED) is 0.449. The van der Waals surface area contributed by atoms with Crippen molar-refractivity contribution in [1.82, 2.24) is 19.6 Å². The van der Waals surface area contributed by atoms with Crippen LogP contribution in [0.3, 0.4) is 0 Å². The molecule has 1 aliphatic heterocycles. The van der Waals surface area contributed by atoms with Gasteiger partial charge in [0.2, 0.25) is 5.95 Å². The second-order valence-electron chi connectivity index (χ2n) is 9.04. The summed E-state index contributed by atoms with van der Waals surface area (Å²) in [5.74, 6) is 2.02. The Hall–Kier alpha value is -3.61. The molecular formula is C26H28N6O. The van der Waals surface area contributed by atoms with E-state index in [0.29, 0.717) is 12.0 Å². The molecule has 1 aromatic carbocycles. The molecule has 0 bridgehead atoms. The van der Waals surface area contributed by atoms with Crippen molar-refractivity contribution in [3.63, 3.8) is 0 Å². The van der Waals surface area contributed by atoms with Crippen LogP contribution in [0.4, 0.5) is 11.8 Å². The second kappa shape index (κ2) is 8.39. The molecule has 2 fully saturated rings. The van der Waals surface area contributed by atoms with Gasteiger partial charge < -0.3 is 15.3 Å². The number of fused-ring (bicyclic) bond motifs is 1. The van der Waals surface area contributed by atoms with E-state index >= 15 is 0 Å². The summed E-state index contributed by atoms with van der Waals surface area (Å²) in [5, 5.41) is 18.4. The molecule has 2 aliphatic rings. The average Bonchev–Trinajstić information content (AvgIpc) is 3.60. The van der Waals surface area contributed by atoms with Gasteiger partial charge in [0.1, 0.15) is 17.3 Å². The van der Waals surface area contributed by atoms with Crippen LogP contribution in [0.5, 0.6) is 5.75 Å². The van der Waals surface area contributed by atoms with Gasteiger partial charge in [-0.25, -0.2) is 14.5 Å². The lowest BCUT2D eigenvalue weighted by Gasteiger charge is -2.18. The number of nitrogens with zero attached hydrogens (tertiary/aromatic N) is 5. The van der Waals surface area contributed by atoms with Crippen molar-refractivity contribution in [2.45, 2.75) is 44.6 Å². The molecule has 1 aliphatic carbocycles. The first-order valence-corrected chi connectivity index (χ1v) is 11.9. The molecule has 4 heterocycles. The standard InChI is InChI=1S/C26H28N6O/c33-20-12-10-18(11-13-20)25-24(21-14-15-27-26(29-21)28-19-6-1-2-7-19)22-8-5-9-23(32(22)30-25)31-16-3-4-17-31/h5,8-15,19,33H,1-4,6-7,16-17H2,(H,27,28,29). The van der Waals surface area contributed by atoms with Gasteiger partial charge in [-0.05, 0) is 68.1 Å². The summed E-state index contributed by atoms with van der Waals surface area (Å²) in [6.45, 7) is 2.09. The lowest BCUT2D eigenvalue weighted by Crippen LogP contribution is -2.20. The van der Waals surface area contributed by atoms with E-state index in [0.717, 1.165) is 46.9 Å². The zero-order valence-electron chi connectivity index (χ0n) is 18.6. The van der Waals surface area contributed by atoms with Crippen LogP contribution in [0, 0.1) is 0 Å². The Morgan fingerprint density at radius 1 is 0.909 bits per heavy atom. The minimum Gasteiger partial charge on any atom is -0.508 e. The van der Waals surface area contributed by atoms with Crippen LogP contribution >= 0.6 is 0 Å². The molecular weight excluding hydrogens is 412 g/mol. The summed E-state index contributed by atoms with van der Waals surface area (Å²) >= 11 is 0. The van der Waals surface area contributed by atoms with Crippen molar-refractivity contribution >= 4 is 17.3 Å². The number of hydrogen-bond acceptors (Lipinski definition) is 6. The third-order valence-electron chi connectivity index (χ3n) is 6.81. The van der Waals surface area contributed by atoms with Gasteiger partial charge in [-0.15, -0.1) is 0 Å². The summed E-state index contributed by atoms with van der Waals surface area (Å²) in [4.78, 5) is 11.8. The molecule has 0 atom stereocenters. The largest absolute Gasteiger partial charge is 0.508 e. The van der Waals surface area contributed by atoms with Crippen LogP contribution in [-0.4, -0.2) is 43.8 Å². The smallest absolute Gasteiger partial charge is 0.223 e. The average molecular weight is 441 g/mol. The van der Waals surface area contributed by atoms with Crippen LogP contribution in [-0.2, 0) is 0 Å². The van der Waals surface area contributed by atoms with Crippen LogP contribution < -0.4 is 10.2 Å². The zero-order chi connectivity index (χ0) is 22.2. The third-order valence-corrected chi connectivity index (χ3v) is 6.81. The molecule has 0 spiro atoms. The summed E-state index contributed by atoms with van der Waals surface area (Å²) in [6.07, 6.45) is 9.10. The van der Waals surface area contributed by atoms with Crippen molar-refractivity contribution in [3.05, 3.63) is 54.7 Å². The van der Waals surface area contributed by atoms with Gasteiger partial charge in [-0.3, -0.25) is 0 Å². The molecule has 6 rings (SSSR count). The number of anilines is 2. The topological polar surface area (TPSA) is 78.6 Å². The van der Waals surface area contributed by atoms with Gasteiger partial charge in [0.15, 0.2) is 0 Å². The first-order chi connectivity index (χ1) is 16.3. The zero-order valence-corrected chi connectivity index (χ0v) is 18.6. The predicted octanol–water partition coefficient (Wildman–Crippen LogP) is 5.12. The van der Waals surface area contributed by atoms with Crippen molar-refractivity contribution in [3.8, 4) is 28.3 Å². The van der Waals surface area contributed by atoms with E-state index in [2.05, 4.69) is 37.9 Å². The summed E-state index contributed by atoms with van der Waals surface area (Å²) in [5.41, 5.74) is 4.66. The van der Waals surface area contributed by atoms with Crippen molar-refractivity contribution < 1.29 is 5.11 Å². The number of nitrogens with one attached hydrogen (secondary N) is 1. The van der Waals surface area contributed by atoms with Gasteiger partial charge in [-0.2, -0.15) is 5.10 Å². The first-order valence-electron chi connectivity index (χ1n) is 11.9. The Balaban J connectivity index is 1.51. The number of phenols is 1. The van der Waals surface area contributed by atoms with Crippen molar-refractivity contribution in [2.75, 3.05) is 23.3 Å². The van der Waals surface area contributed by atoms with Gasteiger partial charge >= 0.3 is 0 Å². The number of phenolic OH excluding ortho intramolecular Hbond substituents is 1. The van der Waals surface area contributed by atoms with E-state index < -0.39 is 0 Å².